The maximum Gasteiger partial charge on any atom is 0.226 e. The molecule has 4 nitrogen and oxygen atoms in total. The van der Waals surface area contributed by atoms with Crippen molar-refractivity contribution in [2.24, 2.45) is 11.8 Å². The van der Waals surface area contributed by atoms with Gasteiger partial charge in [-0.1, -0.05) is 12.2 Å². The number of nitrogens with zero attached hydrogens (tertiary/aromatic N) is 1. The van der Waals surface area contributed by atoms with Gasteiger partial charge in [0.2, 0.25) is 5.91 Å². The van der Waals surface area contributed by atoms with Gasteiger partial charge in [-0.05, 0) is 48.4 Å². The van der Waals surface area contributed by atoms with Crippen LogP contribution < -0.4 is 9.47 Å². The molecule has 3 aliphatic rings. The zero-order valence-electron chi connectivity index (χ0n) is 13.0. The third-order valence-electron chi connectivity index (χ3n) is 5.41. The molecule has 0 unspecified atom stereocenters. The molecule has 1 aromatic rings. The summed E-state index contributed by atoms with van der Waals surface area (Å²) >= 11 is 0. The largest absolute Gasteiger partial charge is 0.493 e. The Hall–Kier alpha value is -1.97. The molecular formula is C18H21NO3. The van der Waals surface area contributed by atoms with Crippen LogP contribution in [0.15, 0.2) is 24.3 Å². The number of carbonyl (C=O) groups is 1. The van der Waals surface area contributed by atoms with Crippen LogP contribution in [0.3, 0.4) is 0 Å². The molecule has 0 N–H and O–H groups in total. The minimum atomic E-state index is 0.161. The summed E-state index contributed by atoms with van der Waals surface area (Å²) in [4.78, 5) is 14.8. The number of allylic oxidation sites excluding steroid dienone is 2. The Morgan fingerprint density at radius 3 is 2.59 bits per heavy atom. The third-order valence-corrected chi connectivity index (χ3v) is 5.41. The van der Waals surface area contributed by atoms with Crippen LogP contribution in [0.25, 0.3) is 0 Å². The van der Waals surface area contributed by atoms with Crippen molar-refractivity contribution in [1.82, 2.24) is 4.90 Å². The Morgan fingerprint density at radius 1 is 1.09 bits per heavy atom. The molecule has 4 heteroatoms. The van der Waals surface area contributed by atoms with E-state index >= 15 is 0 Å². The molecule has 1 fully saturated rings. The molecule has 0 radical (unpaired) electrons. The van der Waals surface area contributed by atoms with Crippen LogP contribution in [-0.4, -0.2) is 31.6 Å². The zero-order valence-corrected chi connectivity index (χ0v) is 13.0. The smallest absolute Gasteiger partial charge is 0.226 e. The van der Waals surface area contributed by atoms with Crippen LogP contribution in [0.1, 0.15) is 30.0 Å². The van der Waals surface area contributed by atoms with Gasteiger partial charge >= 0.3 is 0 Å². The van der Waals surface area contributed by atoms with Crippen LogP contribution in [0.2, 0.25) is 0 Å². The number of rotatable bonds is 2. The van der Waals surface area contributed by atoms with Crippen molar-refractivity contribution < 1.29 is 14.3 Å². The molecule has 2 heterocycles. The summed E-state index contributed by atoms with van der Waals surface area (Å²) in [6, 6.07) is 4.37. The van der Waals surface area contributed by atoms with Crippen molar-refractivity contribution in [2.75, 3.05) is 20.8 Å². The predicted molar refractivity (Wildman–Crippen MR) is 83.1 cm³/mol. The summed E-state index contributed by atoms with van der Waals surface area (Å²) in [5.74, 6) is 2.42. The summed E-state index contributed by atoms with van der Waals surface area (Å²) in [5, 5.41) is 0. The Kier molecular flexibility index (Phi) is 3.13. The number of fused-ring (bicyclic) bond motifs is 5. The molecule has 0 spiro atoms. The quantitative estimate of drug-likeness (QED) is 0.788. The summed E-state index contributed by atoms with van der Waals surface area (Å²) < 4.78 is 10.9. The van der Waals surface area contributed by atoms with E-state index in [9.17, 15) is 4.79 Å². The molecule has 1 aliphatic carbocycles. The number of benzene rings is 1. The van der Waals surface area contributed by atoms with Gasteiger partial charge in [-0.2, -0.15) is 0 Å². The van der Waals surface area contributed by atoms with Gasteiger partial charge in [0, 0.05) is 12.5 Å². The van der Waals surface area contributed by atoms with Crippen molar-refractivity contribution in [3.05, 3.63) is 35.4 Å². The second-order valence-corrected chi connectivity index (χ2v) is 6.35. The van der Waals surface area contributed by atoms with Crippen molar-refractivity contribution in [3.63, 3.8) is 0 Å². The summed E-state index contributed by atoms with van der Waals surface area (Å²) in [6.45, 7) is 0.818. The van der Waals surface area contributed by atoms with Gasteiger partial charge in [-0.3, -0.25) is 4.79 Å². The van der Waals surface area contributed by atoms with E-state index in [1.807, 2.05) is 0 Å². The van der Waals surface area contributed by atoms with Gasteiger partial charge in [0.15, 0.2) is 11.5 Å². The fourth-order valence-electron chi connectivity index (χ4n) is 4.37. The highest BCUT2D eigenvalue weighted by Gasteiger charge is 2.50. The van der Waals surface area contributed by atoms with E-state index in [1.54, 1.807) is 14.2 Å². The second kappa shape index (κ2) is 5.04. The molecule has 1 aromatic carbocycles. The zero-order chi connectivity index (χ0) is 15.3. The molecule has 22 heavy (non-hydrogen) atoms. The normalized spacial score (nSPS) is 28.9. The van der Waals surface area contributed by atoms with Crippen LogP contribution in [0.4, 0.5) is 0 Å². The number of hydrogen-bond donors (Lipinski definition) is 0. The summed E-state index contributed by atoms with van der Waals surface area (Å²) in [7, 11) is 3.33. The SMILES string of the molecule is COc1cc2c(cc1OC)[C@@H]1[C@H]3CC=CC[C@@H]3C(=O)N1CC2. The van der Waals surface area contributed by atoms with Crippen LogP contribution in [0, 0.1) is 11.8 Å². The van der Waals surface area contributed by atoms with Gasteiger partial charge in [0.25, 0.3) is 0 Å². The topological polar surface area (TPSA) is 38.8 Å². The molecule has 116 valence electrons. The first-order valence-corrected chi connectivity index (χ1v) is 7.95. The lowest BCUT2D eigenvalue weighted by atomic mass is 9.78. The number of ether oxygens (including phenoxy) is 2. The summed E-state index contributed by atoms with van der Waals surface area (Å²) in [5.41, 5.74) is 2.54. The molecule has 4 rings (SSSR count). The number of carbonyl (C=O) groups excluding carboxylic acids is 1. The van der Waals surface area contributed by atoms with Crippen LogP contribution in [-0.2, 0) is 11.2 Å². The van der Waals surface area contributed by atoms with Crippen molar-refractivity contribution in [3.8, 4) is 11.5 Å². The fraction of sp³-hybridized carbons (Fsp3) is 0.500. The lowest BCUT2D eigenvalue weighted by Gasteiger charge is -2.35. The fourth-order valence-corrected chi connectivity index (χ4v) is 4.37. The molecular weight excluding hydrogens is 278 g/mol. The average Bonchev–Trinajstić information content (AvgIpc) is 2.87. The van der Waals surface area contributed by atoms with Crippen molar-refractivity contribution in [1.29, 1.82) is 0 Å². The predicted octanol–water partition coefficient (Wildman–Crippen LogP) is 2.73. The first-order valence-electron chi connectivity index (χ1n) is 7.95. The number of hydrogen-bond acceptors (Lipinski definition) is 3. The number of methoxy groups -OCH3 is 2. The van der Waals surface area contributed by atoms with E-state index < -0.39 is 0 Å². The van der Waals surface area contributed by atoms with Crippen LogP contribution >= 0.6 is 0 Å². The second-order valence-electron chi connectivity index (χ2n) is 6.35. The van der Waals surface area contributed by atoms with Crippen LogP contribution in [0.5, 0.6) is 11.5 Å². The van der Waals surface area contributed by atoms with E-state index in [0.29, 0.717) is 11.8 Å². The number of amides is 1. The van der Waals surface area contributed by atoms with Crippen molar-refractivity contribution >= 4 is 5.91 Å². The molecule has 1 saturated heterocycles. The molecule has 0 aromatic heterocycles. The van der Waals surface area contributed by atoms with Gasteiger partial charge in [0.05, 0.1) is 20.3 Å². The van der Waals surface area contributed by atoms with Gasteiger partial charge < -0.3 is 14.4 Å². The molecule has 2 aliphatic heterocycles. The highest BCUT2D eigenvalue weighted by Crippen LogP contribution is 2.51. The average molecular weight is 299 g/mol. The Bertz CT molecular complexity index is 652. The minimum absolute atomic E-state index is 0.161. The Labute approximate surface area is 130 Å². The standard InChI is InChI=1S/C18H21NO3/c1-21-15-9-11-7-8-19-17(14(11)10-16(15)22-2)12-5-3-4-6-13(12)18(19)20/h3-4,9-10,12-13,17H,5-8H2,1-2H3/t12-,13-,17-/m0/s1. The minimum Gasteiger partial charge on any atom is -0.493 e. The van der Waals surface area contributed by atoms with E-state index in [0.717, 1.165) is 37.3 Å². The first kappa shape index (κ1) is 13.7. The maximum absolute atomic E-state index is 12.7. The lowest BCUT2D eigenvalue weighted by molar-refractivity contribution is -0.132. The highest BCUT2D eigenvalue weighted by molar-refractivity contribution is 5.83. The first-order chi connectivity index (χ1) is 10.7. The molecule has 1 amide bonds. The van der Waals surface area contributed by atoms with E-state index in [2.05, 4.69) is 29.2 Å². The highest BCUT2D eigenvalue weighted by atomic mass is 16.5. The Morgan fingerprint density at radius 2 is 1.82 bits per heavy atom. The van der Waals surface area contributed by atoms with E-state index in [4.69, 9.17) is 9.47 Å². The van der Waals surface area contributed by atoms with E-state index in [1.165, 1.54) is 11.1 Å². The Balaban J connectivity index is 1.82. The monoisotopic (exact) mass is 299 g/mol. The lowest BCUT2D eigenvalue weighted by Crippen LogP contribution is -2.35. The maximum atomic E-state index is 12.7. The van der Waals surface area contributed by atoms with Crippen molar-refractivity contribution in [2.45, 2.75) is 25.3 Å². The summed E-state index contributed by atoms with van der Waals surface area (Å²) in [6.07, 6.45) is 7.16. The molecule has 0 bridgehead atoms. The van der Waals surface area contributed by atoms with Gasteiger partial charge in [0.1, 0.15) is 0 Å². The van der Waals surface area contributed by atoms with Gasteiger partial charge in [-0.15, -0.1) is 0 Å². The van der Waals surface area contributed by atoms with Gasteiger partial charge in [-0.25, -0.2) is 0 Å². The molecule has 3 atom stereocenters. The van der Waals surface area contributed by atoms with E-state index in [-0.39, 0.29) is 12.0 Å². The third kappa shape index (κ3) is 1.79. The molecule has 0 saturated carbocycles.